The quantitative estimate of drug-likeness (QED) is 0.745. The summed E-state index contributed by atoms with van der Waals surface area (Å²) in [5.41, 5.74) is 9.52. The van der Waals surface area contributed by atoms with E-state index in [0.717, 1.165) is 54.9 Å². The van der Waals surface area contributed by atoms with Crippen LogP contribution >= 0.6 is 0 Å². The number of carbonyl (C=O) groups excluding carboxylic acids is 2. The molecule has 4 heterocycles. The molecule has 5 rings (SSSR count). The highest BCUT2D eigenvalue weighted by molar-refractivity contribution is 6.00. The van der Waals surface area contributed by atoms with Crippen LogP contribution in [0, 0.1) is 0 Å². The second-order valence-corrected chi connectivity index (χ2v) is 8.44. The normalized spacial score (nSPS) is 24.0. The van der Waals surface area contributed by atoms with Gasteiger partial charge in [0.25, 0.3) is 5.91 Å². The molecule has 2 atom stereocenters. The molecular formula is C23H25N5O2. The van der Waals surface area contributed by atoms with Gasteiger partial charge in [-0.3, -0.25) is 14.6 Å². The van der Waals surface area contributed by atoms with Gasteiger partial charge in [0.05, 0.1) is 16.9 Å². The molecule has 2 fully saturated rings. The number of allylic oxidation sites excluding steroid dienone is 1. The van der Waals surface area contributed by atoms with Crippen molar-refractivity contribution in [3.63, 3.8) is 0 Å². The molecule has 0 saturated carbocycles. The molecule has 1 amide bonds. The first kappa shape index (κ1) is 18.8. The average molecular weight is 403 g/mol. The number of nitrogens with zero attached hydrogens (tertiary/aromatic N) is 3. The molecule has 3 N–H and O–H groups in total. The summed E-state index contributed by atoms with van der Waals surface area (Å²) in [5, 5.41) is 3.64. The molecule has 2 aromatic rings. The number of ketones is 1. The lowest BCUT2D eigenvalue weighted by atomic mass is 9.95. The van der Waals surface area contributed by atoms with Crippen LogP contribution in [0.15, 0.2) is 30.6 Å². The largest absolute Gasteiger partial charge is 0.381 e. The molecule has 0 aromatic carbocycles. The second-order valence-electron chi connectivity index (χ2n) is 8.44. The Bertz CT molecular complexity index is 1030. The molecule has 154 valence electrons. The number of fused-ring (bicyclic) bond motifs is 3. The molecule has 0 radical (unpaired) electrons. The Kier molecular flexibility index (Phi) is 4.53. The average Bonchev–Trinajstić information content (AvgIpc) is 3.31. The van der Waals surface area contributed by atoms with E-state index in [1.165, 1.54) is 0 Å². The van der Waals surface area contributed by atoms with E-state index in [1.54, 1.807) is 19.3 Å². The summed E-state index contributed by atoms with van der Waals surface area (Å²) in [6.45, 7) is 1.56. The molecule has 7 heteroatoms. The van der Waals surface area contributed by atoms with Crippen molar-refractivity contribution < 1.29 is 9.59 Å². The van der Waals surface area contributed by atoms with Crippen molar-refractivity contribution in [2.24, 2.45) is 5.73 Å². The van der Waals surface area contributed by atoms with Crippen LogP contribution in [-0.4, -0.2) is 39.8 Å². The summed E-state index contributed by atoms with van der Waals surface area (Å²) in [6.07, 6.45) is 12.3. The summed E-state index contributed by atoms with van der Waals surface area (Å²) >= 11 is 0. The third-order valence-corrected chi connectivity index (χ3v) is 6.56. The summed E-state index contributed by atoms with van der Waals surface area (Å²) < 4.78 is 0. The van der Waals surface area contributed by atoms with Crippen molar-refractivity contribution in [1.29, 1.82) is 0 Å². The number of piperidine rings is 1. The molecule has 3 aliphatic rings. The third-order valence-electron chi connectivity index (χ3n) is 6.56. The van der Waals surface area contributed by atoms with E-state index in [1.807, 2.05) is 18.2 Å². The first-order valence-corrected chi connectivity index (χ1v) is 10.5. The van der Waals surface area contributed by atoms with E-state index in [4.69, 9.17) is 5.73 Å². The molecule has 7 nitrogen and oxygen atoms in total. The van der Waals surface area contributed by atoms with E-state index >= 15 is 0 Å². The number of aromatic nitrogens is 2. The summed E-state index contributed by atoms with van der Waals surface area (Å²) in [7, 11) is 0. The summed E-state index contributed by atoms with van der Waals surface area (Å²) in [6, 6.07) is 4.86. The number of amides is 1. The molecule has 2 saturated heterocycles. The minimum Gasteiger partial charge on any atom is -0.381 e. The lowest BCUT2D eigenvalue weighted by molar-refractivity contribution is 0.0996. The molecule has 2 aromatic heterocycles. The van der Waals surface area contributed by atoms with Crippen LogP contribution < -0.4 is 16.0 Å². The van der Waals surface area contributed by atoms with Crippen LogP contribution in [0.5, 0.6) is 0 Å². The number of rotatable bonds is 5. The standard InChI is InChI=1S/C23H25N5O2/c1-13(29)14-5-8-21(26-11-14)28-16-6-7-17(28)10-15(9-16)27-22-18-3-2-4-20(18)25-12-19(22)23(24)30/h2-3,5,8,11-12,15-17H,4,6-7,9-10H2,1H3,(H2,24,30)(H,25,27)/t16-,17-/m0/s1. The van der Waals surface area contributed by atoms with Gasteiger partial charge >= 0.3 is 0 Å². The second kappa shape index (κ2) is 7.23. The van der Waals surface area contributed by atoms with Crippen molar-refractivity contribution in [2.75, 3.05) is 10.2 Å². The van der Waals surface area contributed by atoms with Gasteiger partial charge in [-0.1, -0.05) is 12.2 Å². The maximum atomic E-state index is 12.0. The van der Waals surface area contributed by atoms with Gasteiger partial charge in [0, 0.05) is 48.1 Å². The molecule has 30 heavy (non-hydrogen) atoms. The Labute approximate surface area is 175 Å². The number of pyridine rings is 2. The lowest BCUT2D eigenvalue weighted by Crippen LogP contribution is -2.47. The van der Waals surface area contributed by atoms with Gasteiger partial charge < -0.3 is 16.0 Å². The zero-order valence-electron chi connectivity index (χ0n) is 17.0. The first-order valence-electron chi connectivity index (χ1n) is 10.5. The van der Waals surface area contributed by atoms with Crippen molar-refractivity contribution in [3.8, 4) is 0 Å². The number of hydrogen-bond donors (Lipinski definition) is 2. The lowest BCUT2D eigenvalue weighted by Gasteiger charge is -2.40. The van der Waals surface area contributed by atoms with Crippen molar-refractivity contribution in [3.05, 3.63) is 53.0 Å². The SMILES string of the molecule is CC(=O)c1ccc(N2[C@H]3CC[C@H]2CC(Nc2c(C(N)=O)cnc4c2C=CC4)C3)nc1. The van der Waals surface area contributed by atoms with Gasteiger partial charge in [-0.2, -0.15) is 0 Å². The topological polar surface area (TPSA) is 101 Å². The van der Waals surface area contributed by atoms with Gasteiger partial charge in [-0.15, -0.1) is 0 Å². The molecule has 2 bridgehead atoms. The van der Waals surface area contributed by atoms with Crippen molar-refractivity contribution in [2.45, 2.75) is 57.2 Å². The van der Waals surface area contributed by atoms with E-state index in [-0.39, 0.29) is 11.8 Å². The van der Waals surface area contributed by atoms with Gasteiger partial charge in [0.1, 0.15) is 5.82 Å². The highest BCUT2D eigenvalue weighted by Crippen LogP contribution is 2.40. The Morgan fingerprint density at radius 2 is 1.90 bits per heavy atom. The Morgan fingerprint density at radius 1 is 1.13 bits per heavy atom. The summed E-state index contributed by atoms with van der Waals surface area (Å²) in [5.74, 6) is 0.517. The number of primary amides is 1. The van der Waals surface area contributed by atoms with Gasteiger partial charge in [-0.05, 0) is 44.7 Å². The predicted octanol–water partition coefficient (Wildman–Crippen LogP) is 2.96. The van der Waals surface area contributed by atoms with E-state index in [2.05, 4.69) is 26.3 Å². The Morgan fingerprint density at radius 3 is 2.53 bits per heavy atom. The fourth-order valence-corrected chi connectivity index (χ4v) is 5.16. The molecular weight excluding hydrogens is 378 g/mol. The smallest absolute Gasteiger partial charge is 0.252 e. The van der Waals surface area contributed by atoms with E-state index < -0.39 is 5.91 Å². The van der Waals surface area contributed by atoms with Gasteiger partial charge in [0.15, 0.2) is 5.78 Å². The number of Topliss-reactive ketones (excluding diaryl/α,β-unsaturated/α-hetero) is 1. The van der Waals surface area contributed by atoms with Crippen LogP contribution in [0.1, 0.15) is 64.6 Å². The number of hydrogen-bond acceptors (Lipinski definition) is 6. The summed E-state index contributed by atoms with van der Waals surface area (Å²) in [4.78, 5) is 34.9. The Balaban J connectivity index is 1.37. The highest BCUT2D eigenvalue weighted by atomic mass is 16.1. The van der Waals surface area contributed by atoms with Crippen LogP contribution in [-0.2, 0) is 6.42 Å². The van der Waals surface area contributed by atoms with Crippen LogP contribution in [0.4, 0.5) is 11.5 Å². The highest BCUT2D eigenvalue weighted by Gasteiger charge is 2.41. The van der Waals surface area contributed by atoms with Crippen LogP contribution in [0.25, 0.3) is 6.08 Å². The molecule has 0 spiro atoms. The number of nitrogens with two attached hydrogens (primary N) is 1. The van der Waals surface area contributed by atoms with Crippen LogP contribution in [0.2, 0.25) is 0 Å². The van der Waals surface area contributed by atoms with E-state index in [0.29, 0.717) is 23.2 Å². The van der Waals surface area contributed by atoms with Gasteiger partial charge in [-0.25, -0.2) is 4.98 Å². The van der Waals surface area contributed by atoms with Crippen molar-refractivity contribution >= 4 is 29.3 Å². The zero-order valence-corrected chi connectivity index (χ0v) is 17.0. The fraction of sp³-hybridized carbons (Fsp3) is 0.391. The Hall–Kier alpha value is -3.22. The first-order chi connectivity index (χ1) is 14.5. The van der Waals surface area contributed by atoms with Gasteiger partial charge in [0.2, 0.25) is 0 Å². The van der Waals surface area contributed by atoms with E-state index in [9.17, 15) is 9.59 Å². The van der Waals surface area contributed by atoms with Crippen molar-refractivity contribution in [1.82, 2.24) is 9.97 Å². The maximum Gasteiger partial charge on any atom is 0.252 e. The predicted molar refractivity (Wildman–Crippen MR) is 116 cm³/mol. The zero-order chi connectivity index (χ0) is 20.8. The number of nitrogens with one attached hydrogen (secondary N) is 1. The third kappa shape index (κ3) is 3.14. The number of anilines is 2. The minimum atomic E-state index is -0.455. The molecule has 2 aliphatic heterocycles. The molecule has 0 unspecified atom stereocenters. The maximum absolute atomic E-state index is 12.0. The fourth-order valence-electron chi connectivity index (χ4n) is 5.16. The number of carbonyl (C=O) groups is 2. The minimum absolute atomic E-state index is 0.0316. The monoisotopic (exact) mass is 403 g/mol. The molecule has 1 aliphatic carbocycles. The van der Waals surface area contributed by atoms with Crippen LogP contribution in [0.3, 0.4) is 0 Å².